The average molecular weight is 234 g/mol. The normalized spacial score (nSPS) is 18.4. The first-order valence-corrected chi connectivity index (χ1v) is 6.24. The van der Waals surface area contributed by atoms with Gasteiger partial charge in [0.25, 0.3) is 0 Å². The van der Waals surface area contributed by atoms with E-state index in [1.54, 1.807) is 0 Å². The van der Waals surface area contributed by atoms with Crippen molar-refractivity contribution in [2.75, 3.05) is 37.6 Å². The predicted octanol–water partition coefficient (Wildman–Crippen LogP) is 0.941. The van der Waals surface area contributed by atoms with Crippen LogP contribution in [-0.4, -0.2) is 48.1 Å². The molecule has 1 aliphatic rings. The highest BCUT2D eigenvalue weighted by Crippen LogP contribution is 2.18. The van der Waals surface area contributed by atoms with Gasteiger partial charge >= 0.3 is 0 Å². The molecule has 0 radical (unpaired) electrons. The SMILES string of the molecule is CC(C)(CN)N1CCN(c2ccccn2)CC1. The number of hydrogen-bond donors (Lipinski definition) is 1. The number of nitrogens with zero attached hydrogens (tertiary/aromatic N) is 3. The molecular formula is C13H22N4. The molecule has 1 aromatic heterocycles. The summed E-state index contributed by atoms with van der Waals surface area (Å²) < 4.78 is 0. The Morgan fingerprint density at radius 1 is 1.24 bits per heavy atom. The Morgan fingerprint density at radius 2 is 1.94 bits per heavy atom. The first-order valence-electron chi connectivity index (χ1n) is 6.24. The van der Waals surface area contributed by atoms with E-state index in [0.29, 0.717) is 6.54 Å². The first kappa shape index (κ1) is 12.3. The van der Waals surface area contributed by atoms with E-state index in [1.165, 1.54) is 0 Å². The lowest BCUT2D eigenvalue weighted by atomic mass is 10.0. The zero-order valence-corrected chi connectivity index (χ0v) is 10.8. The highest BCUT2D eigenvalue weighted by atomic mass is 15.3. The van der Waals surface area contributed by atoms with Crippen molar-refractivity contribution < 1.29 is 0 Å². The summed E-state index contributed by atoms with van der Waals surface area (Å²) in [4.78, 5) is 9.19. The fraction of sp³-hybridized carbons (Fsp3) is 0.615. The highest BCUT2D eigenvalue weighted by molar-refractivity contribution is 5.38. The standard InChI is InChI=1S/C13H22N4/c1-13(2,11-14)17-9-7-16(8-10-17)12-5-3-4-6-15-12/h3-6H,7-11,14H2,1-2H3. The Kier molecular flexibility index (Phi) is 3.64. The third-order valence-electron chi connectivity index (χ3n) is 3.61. The van der Waals surface area contributed by atoms with E-state index in [1.807, 2.05) is 18.3 Å². The second kappa shape index (κ2) is 5.02. The minimum atomic E-state index is 0.107. The number of anilines is 1. The maximum atomic E-state index is 5.82. The second-order valence-electron chi connectivity index (χ2n) is 5.18. The fourth-order valence-electron chi connectivity index (χ4n) is 2.21. The van der Waals surface area contributed by atoms with Gasteiger partial charge in [-0.15, -0.1) is 0 Å². The van der Waals surface area contributed by atoms with Crippen molar-refractivity contribution in [2.45, 2.75) is 19.4 Å². The summed E-state index contributed by atoms with van der Waals surface area (Å²) in [5.74, 6) is 1.08. The molecule has 0 spiro atoms. The van der Waals surface area contributed by atoms with Gasteiger partial charge in [-0.25, -0.2) is 4.98 Å². The monoisotopic (exact) mass is 234 g/mol. The quantitative estimate of drug-likeness (QED) is 0.845. The van der Waals surface area contributed by atoms with Gasteiger partial charge in [-0.2, -0.15) is 0 Å². The fourth-order valence-corrected chi connectivity index (χ4v) is 2.21. The molecule has 1 saturated heterocycles. The molecule has 17 heavy (non-hydrogen) atoms. The molecule has 0 atom stereocenters. The van der Waals surface area contributed by atoms with Crippen LogP contribution in [0.5, 0.6) is 0 Å². The van der Waals surface area contributed by atoms with Gasteiger partial charge in [0.15, 0.2) is 0 Å². The van der Waals surface area contributed by atoms with Crippen LogP contribution in [0.2, 0.25) is 0 Å². The van der Waals surface area contributed by atoms with Gasteiger partial charge in [-0.3, -0.25) is 4.90 Å². The van der Waals surface area contributed by atoms with Gasteiger partial charge in [0.1, 0.15) is 5.82 Å². The molecule has 0 bridgehead atoms. The maximum absolute atomic E-state index is 5.82. The van der Waals surface area contributed by atoms with Crippen molar-refractivity contribution in [2.24, 2.45) is 5.73 Å². The molecular weight excluding hydrogens is 212 g/mol. The van der Waals surface area contributed by atoms with Crippen LogP contribution >= 0.6 is 0 Å². The third-order valence-corrected chi connectivity index (χ3v) is 3.61. The van der Waals surface area contributed by atoms with E-state index < -0.39 is 0 Å². The minimum absolute atomic E-state index is 0.107. The Labute approximate surface area is 103 Å². The third kappa shape index (κ3) is 2.76. The van der Waals surface area contributed by atoms with Crippen molar-refractivity contribution in [1.82, 2.24) is 9.88 Å². The lowest BCUT2D eigenvalue weighted by Gasteiger charge is -2.43. The summed E-state index contributed by atoms with van der Waals surface area (Å²) in [6.07, 6.45) is 1.85. The number of piperazine rings is 1. The zero-order chi connectivity index (χ0) is 12.3. The molecule has 0 amide bonds. The Balaban J connectivity index is 1.95. The molecule has 94 valence electrons. The average Bonchev–Trinajstić information content (AvgIpc) is 2.40. The van der Waals surface area contributed by atoms with Gasteiger partial charge in [-0.05, 0) is 26.0 Å². The van der Waals surface area contributed by atoms with Gasteiger partial charge in [-0.1, -0.05) is 6.07 Å². The number of hydrogen-bond acceptors (Lipinski definition) is 4. The molecule has 0 aliphatic carbocycles. The summed E-state index contributed by atoms with van der Waals surface area (Å²) in [6.45, 7) is 9.30. The number of rotatable bonds is 3. The van der Waals surface area contributed by atoms with Crippen LogP contribution in [0, 0.1) is 0 Å². The number of aromatic nitrogens is 1. The van der Waals surface area contributed by atoms with E-state index in [2.05, 4.69) is 34.7 Å². The van der Waals surface area contributed by atoms with Crippen LogP contribution in [0.25, 0.3) is 0 Å². The molecule has 2 heterocycles. The predicted molar refractivity (Wildman–Crippen MR) is 71.2 cm³/mol. The van der Waals surface area contributed by atoms with Crippen molar-refractivity contribution in [1.29, 1.82) is 0 Å². The minimum Gasteiger partial charge on any atom is -0.354 e. The molecule has 2 N–H and O–H groups in total. The Bertz CT molecular complexity index is 342. The van der Waals surface area contributed by atoms with Crippen LogP contribution in [0.3, 0.4) is 0 Å². The van der Waals surface area contributed by atoms with Crippen molar-refractivity contribution >= 4 is 5.82 Å². The maximum Gasteiger partial charge on any atom is 0.128 e. The Hall–Kier alpha value is -1.13. The van der Waals surface area contributed by atoms with Crippen LogP contribution in [0.1, 0.15) is 13.8 Å². The van der Waals surface area contributed by atoms with Crippen molar-refractivity contribution in [3.05, 3.63) is 24.4 Å². The molecule has 0 aromatic carbocycles. The van der Waals surface area contributed by atoms with Gasteiger partial charge in [0.05, 0.1) is 0 Å². The highest BCUT2D eigenvalue weighted by Gasteiger charge is 2.28. The van der Waals surface area contributed by atoms with Crippen molar-refractivity contribution in [3.8, 4) is 0 Å². The largest absolute Gasteiger partial charge is 0.354 e. The first-order chi connectivity index (χ1) is 8.13. The molecule has 4 heteroatoms. The number of nitrogens with two attached hydrogens (primary N) is 1. The molecule has 0 saturated carbocycles. The van der Waals surface area contributed by atoms with Gasteiger partial charge in [0, 0.05) is 44.5 Å². The summed E-state index contributed by atoms with van der Waals surface area (Å²) in [5.41, 5.74) is 5.92. The topological polar surface area (TPSA) is 45.4 Å². The second-order valence-corrected chi connectivity index (χ2v) is 5.18. The molecule has 0 unspecified atom stereocenters. The lowest BCUT2D eigenvalue weighted by molar-refractivity contribution is 0.119. The Morgan fingerprint density at radius 3 is 2.47 bits per heavy atom. The smallest absolute Gasteiger partial charge is 0.128 e. The molecule has 1 aromatic rings. The number of pyridine rings is 1. The van der Waals surface area contributed by atoms with Crippen LogP contribution in [-0.2, 0) is 0 Å². The van der Waals surface area contributed by atoms with E-state index in [4.69, 9.17) is 5.73 Å². The van der Waals surface area contributed by atoms with E-state index in [9.17, 15) is 0 Å². The van der Waals surface area contributed by atoms with Gasteiger partial charge < -0.3 is 10.6 Å². The summed E-state index contributed by atoms with van der Waals surface area (Å²) >= 11 is 0. The van der Waals surface area contributed by atoms with Crippen LogP contribution < -0.4 is 10.6 Å². The van der Waals surface area contributed by atoms with Gasteiger partial charge in [0.2, 0.25) is 0 Å². The lowest BCUT2D eigenvalue weighted by Crippen LogP contribution is -2.57. The molecule has 2 rings (SSSR count). The summed E-state index contributed by atoms with van der Waals surface area (Å²) in [7, 11) is 0. The van der Waals surface area contributed by atoms with E-state index in [-0.39, 0.29) is 5.54 Å². The van der Waals surface area contributed by atoms with E-state index >= 15 is 0 Å². The molecule has 1 aliphatic heterocycles. The molecule has 1 fully saturated rings. The summed E-state index contributed by atoms with van der Waals surface area (Å²) in [5, 5.41) is 0. The van der Waals surface area contributed by atoms with E-state index in [0.717, 1.165) is 32.0 Å². The van der Waals surface area contributed by atoms with Crippen LogP contribution in [0.15, 0.2) is 24.4 Å². The van der Waals surface area contributed by atoms with Crippen LogP contribution in [0.4, 0.5) is 5.82 Å². The summed E-state index contributed by atoms with van der Waals surface area (Å²) in [6, 6.07) is 6.07. The van der Waals surface area contributed by atoms with Crippen molar-refractivity contribution in [3.63, 3.8) is 0 Å². The zero-order valence-electron chi connectivity index (χ0n) is 10.8. The molecule has 4 nitrogen and oxygen atoms in total.